The Morgan fingerprint density at radius 2 is 1.85 bits per heavy atom. The Hall–Kier alpha value is -2.86. The Morgan fingerprint density at radius 3 is 2.59 bits per heavy atom. The maximum absolute atomic E-state index is 12.4. The fourth-order valence-corrected chi connectivity index (χ4v) is 3.45. The standard InChI is InChI=1S/C21H17BrN4O/c1-13(14-5-3-2-4-6-14)26-21(27)20-24-10-15(11-25-20)17-7-8-19-18(17)9-16(22)12-23-19/h2-7,9-13H,8H2,1H3,(H,26,27)/t13-/m0/s1. The van der Waals surface area contributed by atoms with Gasteiger partial charge in [0.25, 0.3) is 5.91 Å². The molecule has 6 heteroatoms. The summed E-state index contributed by atoms with van der Waals surface area (Å²) >= 11 is 3.46. The molecule has 0 bridgehead atoms. The number of hydrogen-bond acceptors (Lipinski definition) is 4. The van der Waals surface area contributed by atoms with Crippen LogP contribution in [-0.2, 0) is 6.42 Å². The summed E-state index contributed by atoms with van der Waals surface area (Å²) in [5.74, 6) is -0.129. The van der Waals surface area contributed by atoms with Crippen molar-refractivity contribution >= 4 is 27.4 Å². The molecule has 0 radical (unpaired) electrons. The van der Waals surface area contributed by atoms with E-state index in [0.29, 0.717) is 0 Å². The summed E-state index contributed by atoms with van der Waals surface area (Å²) in [4.78, 5) is 25.4. The summed E-state index contributed by atoms with van der Waals surface area (Å²) in [5.41, 5.74) is 5.06. The van der Waals surface area contributed by atoms with Crippen LogP contribution in [0.15, 0.2) is 65.5 Å². The van der Waals surface area contributed by atoms with Crippen molar-refractivity contribution in [3.05, 3.63) is 93.7 Å². The molecule has 0 fully saturated rings. The van der Waals surface area contributed by atoms with E-state index in [0.717, 1.165) is 38.9 Å². The zero-order valence-corrected chi connectivity index (χ0v) is 16.3. The van der Waals surface area contributed by atoms with Crippen molar-refractivity contribution in [3.63, 3.8) is 0 Å². The second-order valence-electron chi connectivity index (χ2n) is 6.37. The summed E-state index contributed by atoms with van der Waals surface area (Å²) in [6.45, 7) is 1.94. The topological polar surface area (TPSA) is 67.8 Å². The largest absolute Gasteiger partial charge is 0.343 e. The first-order valence-corrected chi connectivity index (χ1v) is 9.44. The van der Waals surface area contributed by atoms with E-state index >= 15 is 0 Å². The highest BCUT2D eigenvalue weighted by Crippen LogP contribution is 2.32. The smallest absolute Gasteiger partial charge is 0.289 e. The van der Waals surface area contributed by atoms with Crippen LogP contribution in [0.1, 0.15) is 46.0 Å². The van der Waals surface area contributed by atoms with Crippen molar-refractivity contribution in [2.24, 2.45) is 0 Å². The molecule has 5 nitrogen and oxygen atoms in total. The number of halogens is 1. The summed E-state index contributed by atoms with van der Waals surface area (Å²) in [7, 11) is 0. The van der Waals surface area contributed by atoms with Crippen LogP contribution in [0.25, 0.3) is 5.57 Å². The van der Waals surface area contributed by atoms with Crippen LogP contribution >= 0.6 is 15.9 Å². The minimum absolute atomic E-state index is 0.116. The maximum Gasteiger partial charge on any atom is 0.289 e. The van der Waals surface area contributed by atoms with E-state index in [9.17, 15) is 4.79 Å². The molecule has 3 aromatic rings. The zero-order valence-electron chi connectivity index (χ0n) is 14.7. The molecule has 0 unspecified atom stereocenters. The number of rotatable bonds is 4. The number of allylic oxidation sites excluding steroid dienone is 1. The third kappa shape index (κ3) is 3.66. The van der Waals surface area contributed by atoms with Crippen molar-refractivity contribution in [1.82, 2.24) is 20.3 Å². The second-order valence-corrected chi connectivity index (χ2v) is 7.29. The van der Waals surface area contributed by atoms with Gasteiger partial charge < -0.3 is 5.32 Å². The average Bonchev–Trinajstić information content (AvgIpc) is 3.11. The number of nitrogens with zero attached hydrogens (tertiary/aromatic N) is 3. The fourth-order valence-electron chi connectivity index (χ4n) is 3.12. The van der Waals surface area contributed by atoms with E-state index in [1.54, 1.807) is 18.6 Å². The van der Waals surface area contributed by atoms with Crippen LogP contribution in [0.2, 0.25) is 0 Å². The summed E-state index contributed by atoms with van der Waals surface area (Å²) in [6, 6.07) is 11.7. The fraction of sp³-hybridized carbons (Fsp3) is 0.143. The molecule has 0 saturated carbocycles. The molecule has 134 valence electrons. The van der Waals surface area contributed by atoms with E-state index in [1.807, 2.05) is 43.3 Å². The molecule has 2 aromatic heterocycles. The quantitative estimate of drug-likeness (QED) is 0.689. The predicted octanol–water partition coefficient (Wildman–Crippen LogP) is 4.11. The van der Waals surface area contributed by atoms with E-state index in [1.165, 1.54) is 0 Å². The van der Waals surface area contributed by atoms with E-state index in [4.69, 9.17) is 0 Å². The lowest BCUT2D eigenvalue weighted by Crippen LogP contribution is -2.28. The van der Waals surface area contributed by atoms with Crippen LogP contribution in [0, 0.1) is 0 Å². The van der Waals surface area contributed by atoms with Gasteiger partial charge in [-0.05, 0) is 40.1 Å². The van der Waals surface area contributed by atoms with Crippen molar-refractivity contribution in [2.45, 2.75) is 19.4 Å². The SMILES string of the molecule is C[C@H](NC(=O)c1ncc(C2=CCc3ncc(Br)cc32)cn1)c1ccccc1. The number of nitrogens with one attached hydrogen (secondary N) is 1. The first kappa shape index (κ1) is 17.5. The molecule has 0 spiro atoms. The number of aromatic nitrogens is 3. The van der Waals surface area contributed by atoms with Gasteiger partial charge in [-0.25, -0.2) is 9.97 Å². The first-order chi connectivity index (χ1) is 13.1. The van der Waals surface area contributed by atoms with E-state index in [2.05, 4.69) is 42.3 Å². The Labute approximate surface area is 165 Å². The van der Waals surface area contributed by atoms with Gasteiger partial charge in [0.1, 0.15) is 0 Å². The molecule has 1 N–H and O–H groups in total. The lowest BCUT2D eigenvalue weighted by atomic mass is 10.0. The average molecular weight is 421 g/mol. The van der Waals surface area contributed by atoms with E-state index in [-0.39, 0.29) is 17.8 Å². The van der Waals surface area contributed by atoms with Crippen LogP contribution in [0.5, 0.6) is 0 Å². The van der Waals surface area contributed by atoms with Crippen LogP contribution in [0.3, 0.4) is 0 Å². The lowest BCUT2D eigenvalue weighted by molar-refractivity contribution is 0.0929. The Bertz CT molecular complexity index is 1020. The van der Waals surface area contributed by atoms with Crippen molar-refractivity contribution < 1.29 is 4.79 Å². The van der Waals surface area contributed by atoms with Gasteiger partial charge >= 0.3 is 0 Å². The van der Waals surface area contributed by atoms with Gasteiger partial charge in [0.15, 0.2) is 0 Å². The Kier molecular flexibility index (Phi) is 4.81. The molecule has 1 atom stereocenters. The molecule has 1 amide bonds. The Morgan fingerprint density at radius 1 is 1.11 bits per heavy atom. The highest BCUT2D eigenvalue weighted by atomic mass is 79.9. The highest BCUT2D eigenvalue weighted by molar-refractivity contribution is 9.10. The number of fused-ring (bicyclic) bond motifs is 1. The van der Waals surface area contributed by atoms with Crippen molar-refractivity contribution in [1.29, 1.82) is 0 Å². The molecule has 2 heterocycles. The van der Waals surface area contributed by atoms with Gasteiger partial charge in [-0.2, -0.15) is 0 Å². The van der Waals surface area contributed by atoms with Crippen LogP contribution in [0.4, 0.5) is 0 Å². The maximum atomic E-state index is 12.4. The van der Waals surface area contributed by atoms with Gasteiger partial charge in [0.2, 0.25) is 5.82 Å². The molecule has 1 aromatic carbocycles. The number of carbonyl (C=O) groups is 1. The number of pyridine rings is 1. The van der Waals surface area contributed by atoms with Gasteiger partial charge in [-0.1, -0.05) is 36.4 Å². The van der Waals surface area contributed by atoms with Crippen molar-refractivity contribution in [3.8, 4) is 0 Å². The molecule has 1 aliphatic rings. The summed E-state index contributed by atoms with van der Waals surface area (Å²) in [6.07, 6.45) is 8.08. The van der Waals surface area contributed by atoms with Gasteiger partial charge in [-0.3, -0.25) is 9.78 Å². The highest BCUT2D eigenvalue weighted by Gasteiger charge is 2.19. The first-order valence-electron chi connectivity index (χ1n) is 8.65. The number of benzene rings is 1. The monoisotopic (exact) mass is 420 g/mol. The summed E-state index contributed by atoms with van der Waals surface area (Å²) in [5, 5.41) is 2.93. The van der Waals surface area contributed by atoms with Gasteiger partial charge in [0, 0.05) is 40.6 Å². The molecule has 27 heavy (non-hydrogen) atoms. The minimum atomic E-state index is -0.289. The lowest BCUT2D eigenvalue weighted by Gasteiger charge is -2.13. The molecule has 1 aliphatic carbocycles. The third-order valence-corrected chi connectivity index (χ3v) is 4.97. The number of amides is 1. The normalized spacial score (nSPS) is 13.6. The minimum Gasteiger partial charge on any atom is -0.343 e. The van der Waals surface area contributed by atoms with Gasteiger partial charge in [-0.15, -0.1) is 0 Å². The van der Waals surface area contributed by atoms with Gasteiger partial charge in [0.05, 0.1) is 11.7 Å². The molecule has 0 aliphatic heterocycles. The number of hydrogen-bond donors (Lipinski definition) is 1. The van der Waals surface area contributed by atoms with E-state index < -0.39 is 0 Å². The third-order valence-electron chi connectivity index (χ3n) is 4.54. The van der Waals surface area contributed by atoms with Crippen molar-refractivity contribution in [2.75, 3.05) is 0 Å². The zero-order chi connectivity index (χ0) is 18.8. The van der Waals surface area contributed by atoms with Crippen LogP contribution in [-0.4, -0.2) is 20.9 Å². The Balaban J connectivity index is 1.50. The van der Waals surface area contributed by atoms with Crippen LogP contribution < -0.4 is 5.32 Å². The summed E-state index contributed by atoms with van der Waals surface area (Å²) < 4.78 is 0.931. The second kappa shape index (κ2) is 7.40. The molecule has 0 saturated heterocycles. The molecular formula is C21H17BrN4O. The molecular weight excluding hydrogens is 404 g/mol. The molecule has 4 rings (SSSR count). The number of carbonyl (C=O) groups excluding carboxylic acids is 1. The predicted molar refractivity (Wildman–Crippen MR) is 107 cm³/mol.